The Morgan fingerprint density at radius 3 is 2.95 bits per heavy atom. The molecular formula is C14H16N4O. The fourth-order valence-electron chi connectivity index (χ4n) is 2.26. The van der Waals surface area contributed by atoms with Crippen molar-refractivity contribution in [2.75, 3.05) is 18.4 Å². The second-order valence-corrected chi connectivity index (χ2v) is 4.67. The third-order valence-electron chi connectivity index (χ3n) is 3.32. The maximum atomic E-state index is 12.0. The molecule has 19 heavy (non-hydrogen) atoms. The molecular weight excluding hydrogens is 240 g/mol. The Balaban J connectivity index is 1.70. The van der Waals surface area contributed by atoms with Crippen LogP contribution in [0.25, 0.3) is 0 Å². The summed E-state index contributed by atoms with van der Waals surface area (Å²) in [7, 11) is 0. The average Bonchev–Trinajstić information content (AvgIpc) is 3.11. The standard InChI is InChI=1S/C14H16N4O/c19-14(17-11-4-2-1-3-5-11)13-9-18(10-16-13)12-6-7-15-8-12/h1-5,9-10,12,15H,6-8H2,(H,17,19). The molecule has 5 nitrogen and oxygen atoms in total. The molecule has 0 radical (unpaired) electrons. The maximum absolute atomic E-state index is 12.0. The first-order valence-electron chi connectivity index (χ1n) is 6.43. The van der Waals surface area contributed by atoms with Gasteiger partial charge in [-0.2, -0.15) is 0 Å². The summed E-state index contributed by atoms with van der Waals surface area (Å²) in [6.45, 7) is 1.96. The maximum Gasteiger partial charge on any atom is 0.275 e. The molecule has 98 valence electrons. The number of hydrogen-bond donors (Lipinski definition) is 2. The van der Waals surface area contributed by atoms with Crippen molar-refractivity contribution in [2.24, 2.45) is 0 Å². The molecule has 1 aromatic carbocycles. The Labute approximate surface area is 111 Å². The predicted octanol–water partition coefficient (Wildman–Crippen LogP) is 1.67. The molecule has 1 fully saturated rings. The lowest BCUT2D eigenvalue weighted by Gasteiger charge is -2.08. The van der Waals surface area contributed by atoms with E-state index in [9.17, 15) is 4.79 Å². The normalized spacial score (nSPS) is 18.4. The number of aromatic nitrogens is 2. The van der Waals surface area contributed by atoms with Gasteiger partial charge in [0, 0.05) is 24.5 Å². The van der Waals surface area contributed by atoms with Crippen LogP contribution in [-0.4, -0.2) is 28.5 Å². The Bertz CT molecular complexity index is 558. The highest BCUT2D eigenvalue weighted by atomic mass is 16.1. The summed E-state index contributed by atoms with van der Waals surface area (Å²) in [5, 5.41) is 6.13. The molecule has 2 heterocycles. The van der Waals surface area contributed by atoms with Gasteiger partial charge in [-0.1, -0.05) is 18.2 Å². The van der Waals surface area contributed by atoms with Gasteiger partial charge < -0.3 is 15.2 Å². The molecule has 1 saturated heterocycles. The quantitative estimate of drug-likeness (QED) is 0.878. The SMILES string of the molecule is O=C(Nc1ccccc1)c1cn(C2CCNC2)cn1. The van der Waals surface area contributed by atoms with Crippen LogP contribution in [0.2, 0.25) is 0 Å². The number of benzene rings is 1. The second-order valence-electron chi connectivity index (χ2n) is 4.67. The van der Waals surface area contributed by atoms with Crippen LogP contribution < -0.4 is 10.6 Å². The zero-order valence-electron chi connectivity index (χ0n) is 10.5. The van der Waals surface area contributed by atoms with Gasteiger partial charge in [-0.05, 0) is 25.1 Å². The number of para-hydroxylation sites is 1. The summed E-state index contributed by atoms with van der Waals surface area (Å²) >= 11 is 0. The van der Waals surface area contributed by atoms with Crippen molar-refractivity contribution in [2.45, 2.75) is 12.5 Å². The van der Waals surface area contributed by atoms with Crippen LogP contribution in [-0.2, 0) is 0 Å². The molecule has 0 saturated carbocycles. The van der Waals surface area contributed by atoms with Crippen LogP contribution in [0, 0.1) is 0 Å². The Morgan fingerprint density at radius 2 is 2.21 bits per heavy atom. The molecule has 1 unspecified atom stereocenters. The van der Waals surface area contributed by atoms with Gasteiger partial charge in [0.05, 0.1) is 6.33 Å². The van der Waals surface area contributed by atoms with Crippen molar-refractivity contribution in [3.8, 4) is 0 Å². The first-order chi connectivity index (χ1) is 9.33. The molecule has 1 aliphatic heterocycles. The molecule has 3 rings (SSSR count). The average molecular weight is 256 g/mol. The molecule has 2 aromatic rings. The number of hydrogen-bond acceptors (Lipinski definition) is 3. The topological polar surface area (TPSA) is 59.0 Å². The van der Waals surface area contributed by atoms with Crippen LogP contribution in [0.5, 0.6) is 0 Å². The highest BCUT2D eigenvalue weighted by molar-refractivity contribution is 6.02. The van der Waals surface area contributed by atoms with Crippen LogP contribution in [0.15, 0.2) is 42.9 Å². The Hall–Kier alpha value is -2.14. The number of nitrogens with one attached hydrogen (secondary N) is 2. The summed E-state index contributed by atoms with van der Waals surface area (Å²) in [4.78, 5) is 16.2. The van der Waals surface area contributed by atoms with E-state index < -0.39 is 0 Å². The smallest absolute Gasteiger partial charge is 0.275 e. The molecule has 0 bridgehead atoms. The molecule has 1 aliphatic rings. The van der Waals surface area contributed by atoms with Gasteiger partial charge in [0.1, 0.15) is 5.69 Å². The first kappa shape index (κ1) is 11.9. The molecule has 0 spiro atoms. The predicted molar refractivity (Wildman–Crippen MR) is 73.1 cm³/mol. The molecule has 1 atom stereocenters. The monoisotopic (exact) mass is 256 g/mol. The lowest BCUT2D eigenvalue weighted by Crippen LogP contribution is -2.13. The number of carbonyl (C=O) groups excluding carboxylic acids is 1. The molecule has 5 heteroatoms. The third kappa shape index (κ3) is 2.66. The summed E-state index contributed by atoms with van der Waals surface area (Å²) in [6, 6.07) is 9.81. The fraction of sp³-hybridized carbons (Fsp3) is 0.286. The Morgan fingerprint density at radius 1 is 1.37 bits per heavy atom. The Kier molecular flexibility index (Phi) is 3.29. The third-order valence-corrected chi connectivity index (χ3v) is 3.32. The van der Waals surface area contributed by atoms with Crippen LogP contribution in [0.4, 0.5) is 5.69 Å². The number of nitrogens with zero attached hydrogens (tertiary/aromatic N) is 2. The highest BCUT2D eigenvalue weighted by Gasteiger charge is 2.18. The number of imidazole rings is 1. The van der Waals surface area contributed by atoms with E-state index in [1.807, 2.05) is 41.1 Å². The van der Waals surface area contributed by atoms with Gasteiger partial charge in [0.25, 0.3) is 5.91 Å². The van der Waals surface area contributed by atoms with Crippen molar-refractivity contribution in [3.63, 3.8) is 0 Å². The van der Waals surface area contributed by atoms with Crippen molar-refractivity contribution >= 4 is 11.6 Å². The van der Waals surface area contributed by atoms with Crippen LogP contribution in [0.3, 0.4) is 0 Å². The minimum absolute atomic E-state index is 0.170. The van der Waals surface area contributed by atoms with Crippen LogP contribution >= 0.6 is 0 Å². The van der Waals surface area contributed by atoms with E-state index in [1.54, 1.807) is 6.33 Å². The van der Waals surface area contributed by atoms with Gasteiger partial charge in [-0.25, -0.2) is 4.98 Å². The van der Waals surface area contributed by atoms with E-state index in [0.717, 1.165) is 25.2 Å². The minimum Gasteiger partial charge on any atom is -0.332 e. The van der Waals surface area contributed by atoms with Crippen molar-refractivity contribution in [3.05, 3.63) is 48.5 Å². The first-order valence-corrected chi connectivity index (χ1v) is 6.43. The van der Waals surface area contributed by atoms with Gasteiger partial charge in [0.2, 0.25) is 0 Å². The van der Waals surface area contributed by atoms with Gasteiger partial charge in [0.15, 0.2) is 0 Å². The number of rotatable bonds is 3. The summed E-state index contributed by atoms with van der Waals surface area (Å²) in [5.41, 5.74) is 1.24. The van der Waals surface area contributed by atoms with E-state index in [-0.39, 0.29) is 5.91 Å². The number of amides is 1. The molecule has 1 aromatic heterocycles. The molecule has 1 amide bonds. The molecule has 0 aliphatic carbocycles. The summed E-state index contributed by atoms with van der Waals surface area (Å²) in [6.07, 6.45) is 4.63. The largest absolute Gasteiger partial charge is 0.332 e. The highest BCUT2D eigenvalue weighted by Crippen LogP contribution is 2.15. The van der Waals surface area contributed by atoms with E-state index >= 15 is 0 Å². The summed E-state index contributed by atoms with van der Waals surface area (Å²) < 4.78 is 2.01. The zero-order valence-corrected chi connectivity index (χ0v) is 10.5. The van der Waals surface area contributed by atoms with E-state index in [2.05, 4.69) is 15.6 Å². The fourth-order valence-corrected chi connectivity index (χ4v) is 2.26. The van der Waals surface area contributed by atoms with Crippen molar-refractivity contribution < 1.29 is 4.79 Å². The van der Waals surface area contributed by atoms with Crippen LogP contribution in [0.1, 0.15) is 23.0 Å². The van der Waals surface area contributed by atoms with Crippen molar-refractivity contribution in [1.29, 1.82) is 0 Å². The minimum atomic E-state index is -0.170. The van der Waals surface area contributed by atoms with Gasteiger partial charge in [-0.3, -0.25) is 4.79 Å². The number of anilines is 1. The zero-order chi connectivity index (χ0) is 13.1. The molecule has 2 N–H and O–H groups in total. The van der Waals surface area contributed by atoms with Crippen molar-refractivity contribution in [1.82, 2.24) is 14.9 Å². The van der Waals surface area contributed by atoms with Gasteiger partial charge in [-0.15, -0.1) is 0 Å². The van der Waals surface area contributed by atoms with E-state index in [4.69, 9.17) is 0 Å². The van der Waals surface area contributed by atoms with E-state index in [1.165, 1.54) is 0 Å². The second kappa shape index (κ2) is 5.24. The van der Waals surface area contributed by atoms with Gasteiger partial charge >= 0.3 is 0 Å². The number of carbonyl (C=O) groups is 1. The van der Waals surface area contributed by atoms with E-state index in [0.29, 0.717) is 11.7 Å². The summed E-state index contributed by atoms with van der Waals surface area (Å²) in [5.74, 6) is -0.170. The lowest BCUT2D eigenvalue weighted by atomic mass is 10.2. The lowest BCUT2D eigenvalue weighted by molar-refractivity contribution is 0.102.